The number of rotatable bonds is 0. The molecule has 0 unspecified atom stereocenters. The second kappa shape index (κ2) is 9.74. The maximum atomic E-state index is 4.62. The fourth-order valence-electron chi connectivity index (χ4n) is 3.65. The maximum absolute atomic E-state index is 4.62. The van der Waals surface area contributed by atoms with Crippen molar-refractivity contribution in [2.24, 2.45) is 0 Å². The van der Waals surface area contributed by atoms with Gasteiger partial charge in [-0.2, -0.15) is 0 Å². The minimum absolute atomic E-state index is 0. The van der Waals surface area contributed by atoms with Crippen LogP contribution in [-0.4, -0.2) is 53.8 Å². The molecule has 5 aromatic heterocycles. The van der Waals surface area contributed by atoms with E-state index in [-0.39, 0.29) is 23.9 Å². The molecule has 8 bridgehead atoms. The summed E-state index contributed by atoms with van der Waals surface area (Å²) in [6.45, 7) is 0. The van der Waals surface area contributed by atoms with Gasteiger partial charge in [-0.3, -0.25) is 4.98 Å². The van der Waals surface area contributed by atoms with E-state index in [2.05, 4.69) is 60.2 Å². The van der Waals surface area contributed by atoms with Crippen LogP contribution in [0.15, 0.2) is 72.4 Å². The van der Waals surface area contributed by atoms with Crippen molar-refractivity contribution in [1.82, 2.24) is 29.9 Å². The van der Waals surface area contributed by atoms with E-state index in [4.69, 9.17) is 0 Å². The predicted octanol–water partition coefficient (Wildman–Crippen LogP) is 5.97. The normalized spacial score (nSPS) is 11.6. The van der Waals surface area contributed by atoms with Crippen LogP contribution in [0.25, 0.3) is 56.7 Å². The monoisotopic (exact) mass is 566 g/mol. The molecule has 162 valence electrons. The first-order valence-corrected chi connectivity index (χ1v) is 11.3. The number of hydrogen-bond acceptors (Lipinski definition) is 5. The molecule has 0 aliphatic carbocycles. The van der Waals surface area contributed by atoms with Gasteiger partial charge in [-0.15, -0.1) is 11.3 Å². The third-order valence-electron chi connectivity index (χ3n) is 5.14. The summed E-state index contributed by atoms with van der Waals surface area (Å²) in [5.41, 5.74) is 8.85. The van der Waals surface area contributed by atoms with E-state index < -0.39 is 0 Å². The molecule has 2 N–H and O–H groups in total. The predicted molar refractivity (Wildman–Crippen MR) is 142 cm³/mol. The standard InChI is InChI=1S/C20H14N4.C6H4N2S.Sn/c1-2-14-10-16-5-6-18(23-16)12-20-8-7-19(24-20)11-17-4-3-15(22-17)9-13(1)21-14;1-4-9-6-5(1)7-2-3-8-6;/h1-12,21-22H;1-4H;. The van der Waals surface area contributed by atoms with Gasteiger partial charge < -0.3 is 9.97 Å². The Balaban J connectivity index is 0.000000203. The van der Waals surface area contributed by atoms with E-state index in [0.29, 0.717) is 0 Å². The van der Waals surface area contributed by atoms with Crippen molar-refractivity contribution in [2.75, 3.05) is 0 Å². The number of fused-ring (bicyclic) bond motifs is 9. The number of H-pyrrole nitrogens is 2. The fraction of sp³-hybridized carbons (Fsp3) is 0. The smallest absolute Gasteiger partial charge is 0.141 e. The molecule has 4 radical (unpaired) electrons. The van der Waals surface area contributed by atoms with Gasteiger partial charge in [0.25, 0.3) is 0 Å². The molecule has 2 aliphatic heterocycles. The molecule has 2 aliphatic rings. The van der Waals surface area contributed by atoms with E-state index in [1.54, 1.807) is 23.7 Å². The molecule has 6 nitrogen and oxygen atoms in total. The first-order chi connectivity index (χ1) is 16.3. The summed E-state index contributed by atoms with van der Waals surface area (Å²) in [5, 5.41) is 1.99. The third-order valence-corrected chi connectivity index (χ3v) is 5.95. The van der Waals surface area contributed by atoms with Crippen LogP contribution < -0.4 is 0 Å². The van der Waals surface area contributed by atoms with Crippen LogP contribution in [0.5, 0.6) is 0 Å². The van der Waals surface area contributed by atoms with Gasteiger partial charge in [0, 0.05) is 58.4 Å². The Morgan fingerprint density at radius 1 is 0.559 bits per heavy atom. The molecule has 0 atom stereocenters. The summed E-state index contributed by atoms with van der Waals surface area (Å²) in [5.74, 6) is 0. The fourth-order valence-corrected chi connectivity index (χ4v) is 4.34. The van der Waals surface area contributed by atoms with Crippen molar-refractivity contribution in [1.29, 1.82) is 0 Å². The summed E-state index contributed by atoms with van der Waals surface area (Å²) in [7, 11) is 0. The minimum atomic E-state index is 0. The molecule has 0 saturated heterocycles. The van der Waals surface area contributed by atoms with E-state index in [0.717, 1.165) is 55.2 Å². The molecule has 0 saturated carbocycles. The zero-order valence-electron chi connectivity index (χ0n) is 17.9. The van der Waals surface area contributed by atoms with E-state index in [1.807, 2.05) is 53.9 Å². The Hall–Kier alpha value is -3.56. The van der Waals surface area contributed by atoms with Gasteiger partial charge in [-0.1, -0.05) is 0 Å². The summed E-state index contributed by atoms with van der Waals surface area (Å²) < 4.78 is 0. The molecule has 7 heterocycles. The van der Waals surface area contributed by atoms with Gasteiger partial charge in [0.05, 0.1) is 28.3 Å². The summed E-state index contributed by atoms with van der Waals surface area (Å²) in [6, 6.07) is 18.4. The van der Waals surface area contributed by atoms with Crippen LogP contribution in [-0.2, 0) is 0 Å². The van der Waals surface area contributed by atoms with Gasteiger partial charge >= 0.3 is 0 Å². The third kappa shape index (κ3) is 5.00. The van der Waals surface area contributed by atoms with E-state index >= 15 is 0 Å². The summed E-state index contributed by atoms with van der Waals surface area (Å²) >= 11 is 1.61. The SMILES string of the molecule is C1=Cc2cc3ccc(cc4ccc(cc5nc(cc1n2)C=C5)[nH]4)[nH]3.[Sn].c1cnc2sccc2n1. The molecular weight excluding hydrogens is 547 g/mol. The van der Waals surface area contributed by atoms with Crippen LogP contribution in [0.3, 0.4) is 0 Å². The molecule has 0 fully saturated rings. The van der Waals surface area contributed by atoms with Crippen LogP contribution >= 0.6 is 11.3 Å². The molecular formula is C26H18N6SSn. The second-order valence-corrected chi connectivity index (χ2v) is 8.47. The molecule has 0 spiro atoms. The number of hydrogen-bond donors (Lipinski definition) is 2. The van der Waals surface area contributed by atoms with Crippen molar-refractivity contribution in [2.45, 2.75) is 0 Å². The van der Waals surface area contributed by atoms with Crippen LogP contribution in [0.2, 0.25) is 0 Å². The number of nitrogens with zero attached hydrogens (tertiary/aromatic N) is 4. The van der Waals surface area contributed by atoms with Gasteiger partial charge in [0.15, 0.2) is 0 Å². The first-order valence-electron chi connectivity index (χ1n) is 10.5. The quantitative estimate of drug-likeness (QED) is 0.222. The Morgan fingerprint density at radius 2 is 1.06 bits per heavy atom. The molecule has 8 heteroatoms. The second-order valence-electron chi connectivity index (χ2n) is 7.57. The molecule has 0 aromatic carbocycles. The van der Waals surface area contributed by atoms with E-state index in [1.165, 1.54) is 0 Å². The molecule has 34 heavy (non-hydrogen) atoms. The van der Waals surface area contributed by atoms with Crippen LogP contribution in [0.4, 0.5) is 0 Å². The summed E-state index contributed by atoms with van der Waals surface area (Å²) in [4.78, 5) is 25.2. The van der Waals surface area contributed by atoms with Crippen molar-refractivity contribution in [3.8, 4) is 0 Å². The zero-order valence-corrected chi connectivity index (χ0v) is 21.6. The average molecular weight is 565 g/mol. The molecule has 7 rings (SSSR count). The Morgan fingerprint density at radius 3 is 1.62 bits per heavy atom. The van der Waals surface area contributed by atoms with Crippen LogP contribution in [0, 0.1) is 0 Å². The topological polar surface area (TPSA) is 83.1 Å². The summed E-state index contributed by atoms with van der Waals surface area (Å²) in [6.07, 6.45) is 11.5. The van der Waals surface area contributed by atoms with E-state index in [9.17, 15) is 0 Å². The Bertz CT molecular complexity index is 1570. The van der Waals surface area contributed by atoms with Crippen molar-refractivity contribution >= 4 is 92.0 Å². The van der Waals surface area contributed by atoms with Gasteiger partial charge in [-0.25, -0.2) is 15.0 Å². The average Bonchev–Trinajstić information content (AvgIpc) is 3.63. The van der Waals surface area contributed by atoms with Gasteiger partial charge in [0.2, 0.25) is 0 Å². The number of thiophene rings is 1. The molecule has 5 aromatic rings. The Kier molecular flexibility index (Phi) is 6.37. The van der Waals surface area contributed by atoms with Crippen molar-refractivity contribution in [3.05, 3.63) is 95.1 Å². The van der Waals surface area contributed by atoms with Crippen molar-refractivity contribution in [3.63, 3.8) is 0 Å². The molecule has 0 amide bonds. The number of aromatic amines is 2. The van der Waals surface area contributed by atoms with Crippen LogP contribution in [0.1, 0.15) is 22.8 Å². The minimum Gasteiger partial charge on any atom is -0.355 e. The number of aromatic nitrogens is 6. The van der Waals surface area contributed by atoms with Gasteiger partial charge in [0.1, 0.15) is 4.83 Å². The zero-order chi connectivity index (χ0) is 22.0. The Labute approximate surface area is 216 Å². The number of nitrogens with one attached hydrogen (secondary N) is 2. The maximum Gasteiger partial charge on any atom is 0.141 e. The van der Waals surface area contributed by atoms with Gasteiger partial charge in [-0.05, 0) is 84.3 Å². The van der Waals surface area contributed by atoms with Crippen molar-refractivity contribution < 1.29 is 0 Å². The largest absolute Gasteiger partial charge is 0.355 e. The first kappa shape index (κ1) is 22.2.